The van der Waals surface area contributed by atoms with Gasteiger partial charge in [0.2, 0.25) is 0 Å². The molecule has 0 atom stereocenters. The average molecular weight is 245 g/mol. The highest BCUT2D eigenvalue weighted by Crippen LogP contribution is 2.25. The fourth-order valence-electron chi connectivity index (χ4n) is 1.94. The highest BCUT2D eigenvalue weighted by Gasteiger charge is 2.14. The lowest BCUT2D eigenvalue weighted by Crippen LogP contribution is -1.95. The Morgan fingerprint density at radius 2 is 2.00 bits per heavy atom. The minimum absolute atomic E-state index is 0.592. The van der Waals surface area contributed by atoms with E-state index in [0.29, 0.717) is 4.77 Å². The molecule has 6 heteroatoms. The Morgan fingerprint density at radius 1 is 1.24 bits per heavy atom. The van der Waals surface area contributed by atoms with Gasteiger partial charge in [0.25, 0.3) is 0 Å². The lowest BCUT2D eigenvalue weighted by atomic mass is 10.2. The molecular formula is C11H11N5S. The number of aromatic nitrogens is 5. The molecule has 0 aliphatic carbocycles. The van der Waals surface area contributed by atoms with Crippen LogP contribution in [-0.4, -0.2) is 24.5 Å². The summed E-state index contributed by atoms with van der Waals surface area (Å²) in [4.78, 5) is 0. The van der Waals surface area contributed by atoms with Gasteiger partial charge in [-0.1, -0.05) is 18.2 Å². The number of nitrogens with one attached hydrogen (secondary N) is 1. The Bertz CT molecular complexity index is 749. The second-order valence-corrected chi connectivity index (χ2v) is 4.29. The zero-order chi connectivity index (χ0) is 12.0. The SMILES string of the molecule is Cn1c(-c2nn(C)c3ccccc23)n[nH]c1=S. The molecule has 0 aliphatic rings. The van der Waals surface area contributed by atoms with E-state index in [1.54, 1.807) is 0 Å². The number of fused-ring (bicyclic) bond motifs is 1. The summed E-state index contributed by atoms with van der Waals surface area (Å²) in [5, 5.41) is 12.6. The quantitative estimate of drug-likeness (QED) is 0.667. The Morgan fingerprint density at radius 3 is 2.71 bits per heavy atom. The zero-order valence-corrected chi connectivity index (χ0v) is 10.3. The number of rotatable bonds is 1. The Balaban J connectivity index is 2.39. The number of aromatic amines is 1. The number of hydrogen-bond donors (Lipinski definition) is 1. The van der Waals surface area contributed by atoms with Crippen molar-refractivity contribution in [3.63, 3.8) is 0 Å². The summed E-state index contributed by atoms with van der Waals surface area (Å²) in [6, 6.07) is 8.06. The van der Waals surface area contributed by atoms with E-state index in [9.17, 15) is 0 Å². The van der Waals surface area contributed by atoms with Crippen LogP contribution in [0.3, 0.4) is 0 Å². The first kappa shape index (κ1) is 10.2. The van der Waals surface area contributed by atoms with Crippen LogP contribution in [0.5, 0.6) is 0 Å². The van der Waals surface area contributed by atoms with Crippen LogP contribution in [0.2, 0.25) is 0 Å². The van der Waals surface area contributed by atoms with Gasteiger partial charge < -0.3 is 4.57 Å². The van der Waals surface area contributed by atoms with Crippen molar-refractivity contribution < 1.29 is 0 Å². The normalized spacial score (nSPS) is 11.2. The Labute approximate surface area is 103 Å². The van der Waals surface area contributed by atoms with E-state index in [1.807, 2.05) is 47.6 Å². The van der Waals surface area contributed by atoms with Crippen molar-refractivity contribution in [1.29, 1.82) is 0 Å². The number of benzene rings is 1. The summed E-state index contributed by atoms with van der Waals surface area (Å²) in [6.07, 6.45) is 0. The van der Waals surface area contributed by atoms with E-state index in [2.05, 4.69) is 15.3 Å². The van der Waals surface area contributed by atoms with E-state index >= 15 is 0 Å². The van der Waals surface area contributed by atoms with Crippen LogP contribution in [0.4, 0.5) is 0 Å². The standard InChI is InChI=1S/C11H11N5S/c1-15-10(12-13-11(15)17)9-7-5-3-4-6-8(7)16(2)14-9/h3-6H,1-2H3,(H,13,17). The molecule has 0 amide bonds. The first-order chi connectivity index (χ1) is 8.18. The fraction of sp³-hybridized carbons (Fsp3) is 0.182. The lowest BCUT2D eigenvalue weighted by Gasteiger charge is -1.95. The van der Waals surface area contributed by atoms with Gasteiger partial charge in [-0.25, -0.2) is 0 Å². The molecule has 0 aliphatic heterocycles. The molecule has 1 aromatic carbocycles. The summed E-state index contributed by atoms with van der Waals surface area (Å²) in [6.45, 7) is 0. The van der Waals surface area contributed by atoms with Gasteiger partial charge in [0.1, 0.15) is 5.69 Å². The molecule has 0 unspecified atom stereocenters. The Kier molecular flexibility index (Phi) is 2.12. The van der Waals surface area contributed by atoms with Crippen LogP contribution in [0.25, 0.3) is 22.4 Å². The molecule has 0 saturated carbocycles. The maximum Gasteiger partial charge on any atom is 0.195 e. The minimum atomic E-state index is 0.592. The van der Waals surface area contributed by atoms with Crippen molar-refractivity contribution in [1.82, 2.24) is 24.5 Å². The van der Waals surface area contributed by atoms with Crippen molar-refractivity contribution in [2.24, 2.45) is 14.1 Å². The van der Waals surface area contributed by atoms with Gasteiger partial charge in [-0.15, -0.1) is 0 Å². The Hall–Kier alpha value is -1.95. The molecule has 1 N–H and O–H groups in total. The van der Waals surface area contributed by atoms with Crippen LogP contribution < -0.4 is 0 Å². The highest BCUT2D eigenvalue weighted by atomic mass is 32.1. The van der Waals surface area contributed by atoms with Gasteiger partial charge in [-0.3, -0.25) is 9.78 Å². The first-order valence-corrected chi connectivity index (χ1v) is 5.63. The predicted octanol–water partition coefficient (Wildman–Crippen LogP) is 2.03. The topological polar surface area (TPSA) is 51.4 Å². The van der Waals surface area contributed by atoms with E-state index < -0.39 is 0 Å². The minimum Gasteiger partial charge on any atom is -0.302 e. The summed E-state index contributed by atoms with van der Waals surface area (Å²) in [5.41, 5.74) is 1.93. The van der Waals surface area contributed by atoms with Gasteiger partial charge in [-0.05, 0) is 18.3 Å². The number of H-pyrrole nitrogens is 1. The van der Waals surface area contributed by atoms with Crippen molar-refractivity contribution in [3.8, 4) is 11.5 Å². The molecular weight excluding hydrogens is 234 g/mol. The van der Waals surface area contributed by atoms with Gasteiger partial charge in [0.15, 0.2) is 10.6 Å². The van der Waals surface area contributed by atoms with Crippen LogP contribution in [0.15, 0.2) is 24.3 Å². The molecule has 0 bridgehead atoms. The second-order valence-electron chi connectivity index (χ2n) is 3.90. The monoisotopic (exact) mass is 245 g/mol. The first-order valence-electron chi connectivity index (χ1n) is 5.22. The van der Waals surface area contributed by atoms with Crippen LogP contribution in [-0.2, 0) is 14.1 Å². The molecule has 17 heavy (non-hydrogen) atoms. The van der Waals surface area contributed by atoms with E-state index in [4.69, 9.17) is 12.2 Å². The van der Waals surface area contributed by atoms with Gasteiger partial charge in [-0.2, -0.15) is 10.2 Å². The number of hydrogen-bond acceptors (Lipinski definition) is 3. The smallest absolute Gasteiger partial charge is 0.195 e. The summed E-state index contributed by atoms with van der Waals surface area (Å²) in [5.74, 6) is 0.756. The highest BCUT2D eigenvalue weighted by molar-refractivity contribution is 7.71. The third-order valence-electron chi connectivity index (χ3n) is 2.85. The molecule has 2 heterocycles. The third-order valence-corrected chi connectivity index (χ3v) is 3.21. The number of nitrogens with zero attached hydrogens (tertiary/aromatic N) is 4. The van der Waals surface area contributed by atoms with Crippen molar-refractivity contribution >= 4 is 23.1 Å². The molecule has 2 aromatic heterocycles. The van der Waals surface area contributed by atoms with E-state index in [1.165, 1.54) is 0 Å². The molecule has 86 valence electrons. The zero-order valence-electron chi connectivity index (χ0n) is 9.51. The van der Waals surface area contributed by atoms with E-state index in [0.717, 1.165) is 22.4 Å². The average Bonchev–Trinajstić information content (AvgIpc) is 2.83. The van der Waals surface area contributed by atoms with Gasteiger partial charge in [0.05, 0.1) is 5.52 Å². The largest absolute Gasteiger partial charge is 0.302 e. The van der Waals surface area contributed by atoms with Crippen molar-refractivity contribution in [2.75, 3.05) is 0 Å². The second kappa shape index (κ2) is 3.53. The number of aryl methyl sites for hydroxylation is 1. The van der Waals surface area contributed by atoms with Gasteiger partial charge >= 0.3 is 0 Å². The summed E-state index contributed by atoms with van der Waals surface area (Å²) in [7, 11) is 3.80. The van der Waals surface area contributed by atoms with E-state index in [-0.39, 0.29) is 0 Å². The number of para-hydroxylation sites is 1. The molecule has 3 aromatic rings. The van der Waals surface area contributed by atoms with Crippen molar-refractivity contribution in [3.05, 3.63) is 29.0 Å². The molecule has 5 nitrogen and oxygen atoms in total. The van der Waals surface area contributed by atoms with Crippen LogP contribution in [0, 0.1) is 4.77 Å². The molecule has 0 radical (unpaired) electrons. The van der Waals surface area contributed by atoms with Gasteiger partial charge in [0, 0.05) is 19.5 Å². The molecule has 0 spiro atoms. The fourth-order valence-corrected chi connectivity index (χ4v) is 2.07. The van der Waals surface area contributed by atoms with Crippen LogP contribution >= 0.6 is 12.2 Å². The maximum absolute atomic E-state index is 5.11. The maximum atomic E-state index is 5.11. The summed E-state index contributed by atoms with van der Waals surface area (Å²) >= 11 is 5.11. The predicted molar refractivity (Wildman–Crippen MR) is 68.1 cm³/mol. The lowest BCUT2D eigenvalue weighted by molar-refractivity contribution is 0.792. The third kappa shape index (κ3) is 1.41. The van der Waals surface area contributed by atoms with Crippen molar-refractivity contribution in [2.45, 2.75) is 0 Å². The molecule has 3 rings (SSSR count). The molecule has 0 saturated heterocycles. The van der Waals surface area contributed by atoms with Crippen LogP contribution in [0.1, 0.15) is 0 Å². The summed E-state index contributed by atoms with van der Waals surface area (Å²) < 4.78 is 4.27. The molecule has 0 fully saturated rings.